The first-order chi connectivity index (χ1) is 17.9. The molecule has 2 fully saturated rings. The second kappa shape index (κ2) is 12.6. The van der Waals surface area contributed by atoms with Crippen LogP contribution in [0.25, 0.3) is 0 Å². The summed E-state index contributed by atoms with van der Waals surface area (Å²) in [6.07, 6.45) is -3.60. The van der Waals surface area contributed by atoms with Crippen LogP contribution in [0.5, 0.6) is 0 Å². The number of nitrogens with zero attached hydrogens (tertiary/aromatic N) is 5. The molecule has 0 aliphatic carbocycles. The standard InChI is InChI=1S/C18H23N5OS.2C2HF3O2/c1-13-8-19-17(20-9-13)23-6-3-4-18(12-23)5-7-22(16(18)24)10-15-11-25-14(2)21-15;2*3-2(4,5)1(6)7/h8-9,11H,3-7,10,12H2,1-2H3;2*(H,6,7). The van der Waals surface area contributed by atoms with E-state index in [-0.39, 0.29) is 11.3 Å². The Morgan fingerprint density at radius 2 is 1.54 bits per heavy atom. The van der Waals surface area contributed by atoms with Crippen molar-refractivity contribution in [1.29, 1.82) is 0 Å². The maximum atomic E-state index is 13.2. The van der Waals surface area contributed by atoms with Gasteiger partial charge in [-0.25, -0.2) is 24.5 Å². The minimum atomic E-state index is -5.08. The van der Waals surface area contributed by atoms with Crippen LogP contribution in [0.2, 0.25) is 0 Å². The van der Waals surface area contributed by atoms with Crippen molar-refractivity contribution < 1.29 is 50.9 Å². The molecule has 1 amide bonds. The highest BCUT2D eigenvalue weighted by Gasteiger charge is 2.49. The van der Waals surface area contributed by atoms with Gasteiger partial charge in [-0.15, -0.1) is 11.3 Å². The normalized spacial score (nSPS) is 19.2. The van der Waals surface area contributed by atoms with E-state index in [9.17, 15) is 31.1 Å². The van der Waals surface area contributed by atoms with Gasteiger partial charge >= 0.3 is 24.3 Å². The zero-order valence-electron chi connectivity index (χ0n) is 20.7. The molecule has 1 atom stereocenters. The smallest absolute Gasteiger partial charge is 0.475 e. The Kier molecular flexibility index (Phi) is 10.2. The Morgan fingerprint density at radius 3 is 2.00 bits per heavy atom. The fraction of sp³-hybridized carbons (Fsp3) is 0.545. The van der Waals surface area contributed by atoms with Crippen molar-refractivity contribution in [3.05, 3.63) is 34.0 Å². The summed E-state index contributed by atoms with van der Waals surface area (Å²) >= 11 is 1.64. The molecule has 2 saturated heterocycles. The Balaban J connectivity index is 0.000000317. The number of likely N-dealkylation sites (tertiary alicyclic amines) is 1. The molecule has 17 heteroatoms. The number of hydrogen-bond donors (Lipinski definition) is 2. The number of carbonyl (C=O) groups is 3. The number of carbonyl (C=O) groups excluding carboxylic acids is 1. The molecule has 0 radical (unpaired) electrons. The van der Waals surface area contributed by atoms with Crippen molar-refractivity contribution in [1.82, 2.24) is 19.9 Å². The maximum absolute atomic E-state index is 13.2. The molecule has 0 saturated carbocycles. The summed E-state index contributed by atoms with van der Waals surface area (Å²) in [5.41, 5.74) is 1.77. The van der Waals surface area contributed by atoms with Crippen molar-refractivity contribution in [3.63, 3.8) is 0 Å². The molecule has 0 aromatic carbocycles. The number of thiazole rings is 1. The number of aliphatic carboxylic acids is 2. The van der Waals surface area contributed by atoms with Crippen LogP contribution in [0.3, 0.4) is 0 Å². The molecule has 4 rings (SSSR count). The third-order valence-corrected chi connectivity index (χ3v) is 6.55. The van der Waals surface area contributed by atoms with E-state index in [2.05, 4.69) is 25.2 Å². The summed E-state index contributed by atoms with van der Waals surface area (Å²) in [5.74, 6) is -4.50. The minimum absolute atomic E-state index is 0.273. The van der Waals surface area contributed by atoms with Gasteiger partial charge in [-0.2, -0.15) is 26.3 Å². The topological polar surface area (TPSA) is 137 Å². The van der Waals surface area contributed by atoms with Crippen molar-refractivity contribution >= 4 is 35.1 Å². The van der Waals surface area contributed by atoms with E-state index in [1.807, 2.05) is 31.1 Å². The molecular formula is C22H25F6N5O5S. The van der Waals surface area contributed by atoms with E-state index in [4.69, 9.17) is 19.8 Å². The summed E-state index contributed by atoms with van der Waals surface area (Å²) in [4.78, 5) is 48.5. The number of hydrogen-bond acceptors (Lipinski definition) is 8. The molecule has 2 aromatic rings. The van der Waals surface area contributed by atoms with Crippen LogP contribution in [0.15, 0.2) is 17.8 Å². The molecular weight excluding hydrogens is 560 g/mol. The van der Waals surface area contributed by atoms with Gasteiger partial charge in [-0.3, -0.25) is 4.79 Å². The molecule has 216 valence electrons. The highest BCUT2D eigenvalue weighted by molar-refractivity contribution is 7.09. The first kappa shape index (κ1) is 31.7. The Bertz CT molecular complexity index is 1130. The fourth-order valence-corrected chi connectivity index (χ4v) is 4.55. The number of carboxylic acid groups (broad SMARTS) is 2. The molecule has 1 unspecified atom stereocenters. The van der Waals surface area contributed by atoms with E-state index < -0.39 is 24.3 Å². The maximum Gasteiger partial charge on any atom is 0.490 e. The van der Waals surface area contributed by atoms with Crippen LogP contribution < -0.4 is 4.90 Å². The first-order valence-electron chi connectivity index (χ1n) is 11.3. The number of anilines is 1. The molecule has 2 aliphatic heterocycles. The number of piperidine rings is 1. The van der Waals surface area contributed by atoms with E-state index in [0.29, 0.717) is 6.54 Å². The third-order valence-electron chi connectivity index (χ3n) is 5.73. The quantitative estimate of drug-likeness (QED) is 0.515. The SMILES string of the molecule is Cc1cnc(N2CCCC3(CCN(Cc4csc(C)n4)C3=O)C2)nc1.O=C(O)C(F)(F)F.O=C(O)C(F)(F)F. The van der Waals surface area contributed by atoms with Gasteiger partial charge in [-0.1, -0.05) is 0 Å². The van der Waals surface area contributed by atoms with Crippen LogP contribution >= 0.6 is 11.3 Å². The highest BCUT2D eigenvalue weighted by atomic mass is 32.1. The van der Waals surface area contributed by atoms with Crippen molar-refractivity contribution in [2.24, 2.45) is 5.41 Å². The van der Waals surface area contributed by atoms with E-state index in [0.717, 1.165) is 61.1 Å². The van der Waals surface area contributed by atoms with Crippen LogP contribution in [-0.4, -0.2) is 79.9 Å². The summed E-state index contributed by atoms with van der Waals surface area (Å²) in [5, 5.41) is 17.4. The van der Waals surface area contributed by atoms with E-state index in [1.54, 1.807) is 11.3 Å². The van der Waals surface area contributed by atoms with Gasteiger partial charge in [0.25, 0.3) is 0 Å². The van der Waals surface area contributed by atoms with Crippen LogP contribution in [0.4, 0.5) is 32.3 Å². The number of rotatable bonds is 3. The van der Waals surface area contributed by atoms with E-state index in [1.165, 1.54) is 0 Å². The summed E-state index contributed by atoms with van der Waals surface area (Å²) in [7, 11) is 0. The van der Waals surface area contributed by atoms with Gasteiger partial charge in [0.1, 0.15) is 0 Å². The van der Waals surface area contributed by atoms with Gasteiger partial charge in [-0.05, 0) is 38.7 Å². The molecule has 10 nitrogen and oxygen atoms in total. The number of aryl methyl sites for hydroxylation is 2. The van der Waals surface area contributed by atoms with Gasteiger partial charge in [0, 0.05) is 37.4 Å². The summed E-state index contributed by atoms with van der Waals surface area (Å²) < 4.78 is 63.5. The number of carboxylic acids is 2. The predicted molar refractivity (Wildman–Crippen MR) is 125 cm³/mol. The Labute approximate surface area is 222 Å². The first-order valence-corrected chi connectivity index (χ1v) is 12.2. The van der Waals surface area contributed by atoms with Crippen molar-refractivity contribution in [2.75, 3.05) is 24.5 Å². The number of amides is 1. The van der Waals surface area contributed by atoms with E-state index >= 15 is 0 Å². The number of alkyl halides is 6. The largest absolute Gasteiger partial charge is 0.490 e. The average Bonchev–Trinajstić information content (AvgIpc) is 3.37. The van der Waals surface area contributed by atoms with Gasteiger partial charge in [0.15, 0.2) is 0 Å². The molecule has 0 bridgehead atoms. The lowest BCUT2D eigenvalue weighted by atomic mass is 9.78. The summed E-state index contributed by atoms with van der Waals surface area (Å²) in [6.45, 7) is 7.08. The molecule has 4 heterocycles. The lowest BCUT2D eigenvalue weighted by molar-refractivity contribution is -0.193. The number of halogens is 6. The second-order valence-corrected chi connectivity index (χ2v) is 9.87. The van der Waals surface area contributed by atoms with Gasteiger partial charge in [0.05, 0.1) is 22.7 Å². The predicted octanol–water partition coefficient (Wildman–Crippen LogP) is 3.84. The van der Waals surface area contributed by atoms with Gasteiger partial charge in [0.2, 0.25) is 11.9 Å². The van der Waals surface area contributed by atoms with Crippen LogP contribution in [0, 0.1) is 19.3 Å². The second-order valence-electron chi connectivity index (χ2n) is 8.81. The van der Waals surface area contributed by atoms with Crippen molar-refractivity contribution in [2.45, 2.75) is 52.0 Å². The third kappa shape index (κ3) is 9.04. The molecule has 2 N–H and O–H groups in total. The molecule has 39 heavy (non-hydrogen) atoms. The lowest BCUT2D eigenvalue weighted by Crippen LogP contribution is -2.48. The van der Waals surface area contributed by atoms with Crippen molar-refractivity contribution in [3.8, 4) is 0 Å². The molecule has 1 spiro atoms. The average molecular weight is 586 g/mol. The zero-order valence-corrected chi connectivity index (χ0v) is 21.5. The van der Waals surface area contributed by atoms with Crippen LogP contribution in [0.1, 0.15) is 35.5 Å². The number of aromatic nitrogens is 3. The lowest BCUT2D eigenvalue weighted by Gasteiger charge is -2.39. The Morgan fingerprint density at radius 1 is 1.00 bits per heavy atom. The molecule has 2 aliphatic rings. The summed E-state index contributed by atoms with van der Waals surface area (Å²) in [6, 6.07) is 0. The molecule has 2 aromatic heterocycles. The van der Waals surface area contributed by atoms with Crippen LogP contribution in [-0.2, 0) is 20.9 Å². The minimum Gasteiger partial charge on any atom is -0.475 e. The fourth-order valence-electron chi connectivity index (χ4n) is 3.95. The highest BCUT2D eigenvalue weighted by Crippen LogP contribution is 2.41. The monoisotopic (exact) mass is 585 g/mol. The zero-order chi connectivity index (χ0) is 29.6. The Hall–Kier alpha value is -3.50. The van der Waals surface area contributed by atoms with Gasteiger partial charge < -0.3 is 20.0 Å².